The van der Waals surface area contributed by atoms with Gasteiger partial charge in [0.05, 0.1) is 5.54 Å². The van der Waals surface area contributed by atoms with Gasteiger partial charge in [-0.25, -0.2) is 8.78 Å². The number of amides is 3. The third-order valence-electron chi connectivity index (χ3n) is 8.00. The van der Waals surface area contributed by atoms with Gasteiger partial charge in [0.25, 0.3) is 5.91 Å². The Morgan fingerprint density at radius 2 is 1.92 bits per heavy atom. The molecule has 2 heterocycles. The number of aldehydes is 1. The van der Waals surface area contributed by atoms with Gasteiger partial charge < -0.3 is 25.7 Å². The van der Waals surface area contributed by atoms with Gasteiger partial charge in [0.1, 0.15) is 18.0 Å². The Balaban J connectivity index is 1.31. The van der Waals surface area contributed by atoms with E-state index in [1.165, 1.54) is 0 Å². The number of hydrogen-bond donors (Lipinski definition) is 4. The lowest BCUT2D eigenvalue weighted by Gasteiger charge is -2.31. The molecule has 2 aliphatic carbocycles. The van der Waals surface area contributed by atoms with E-state index < -0.39 is 29.3 Å². The molecule has 3 amide bonds. The van der Waals surface area contributed by atoms with Gasteiger partial charge in [0.15, 0.2) is 0 Å². The molecule has 1 aromatic carbocycles. The monoisotopic (exact) mass is 500 g/mol. The largest absolute Gasteiger partial charge is 0.356 e. The molecule has 2 aromatic rings. The molecule has 2 saturated carbocycles. The first-order chi connectivity index (χ1) is 17.2. The van der Waals surface area contributed by atoms with Crippen molar-refractivity contribution in [2.75, 3.05) is 6.54 Å². The first kappa shape index (κ1) is 24.4. The van der Waals surface area contributed by atoms with Gasteiger partial charge in [-0.2, -0.15) is 0 Å². The summed E-state index contributed by atoms with van der Waals surface area (Å²) in [7, 11) is 0. The highest BCUT2D eigenvalue weighted by atomic mass is 19.3. The maximum absolute atomic E-state index is 13.7. The van der Waals surface area contributed by atoms with Crippen LogP contribution in [0.3, 0.4) is 0 Å². The third kappa shape index (κ3) is 4.85. The predicted octanol–water partition coefficient (Wildman–Crippen LogP) is 2.69. The average molecular weight is 501 g/mol. The maximum atomic E-state index is 13.7. The number of hydrogen-bond acceptors (Lipinski definition) is 4. The summed E-state index contributed by atoms with van der Waals surface area (Å²) in [4.78, 5) is 53.6. The lowest BCUT2D eigenvalue weighted by Crippen LogP contribution is -2.53. The standard InChI is InChI=1S/C26H30F2N4O4/c27-26(28)8-5-15(6-9-26)11-20(31-23(35)21-12-16-3-1-2-4-19(16)30-21)24(36)32-25(14-33)13-18(25)17-7-10-29-22(17)34/h1-4,12,14-15,17-18,20,30H,5-11,13H2,(H,29,34)(H,31,35)(H,32,36)/t17-,18?,20-,25?/m0/s1. The third-order valence-corrected chi connectivity index (χ3v) is 8.00. The molecule has 3 fully saturated rings. The van der Waals surface area contributed by atoms with Crippen molar-refractivity contribution in [3.8, 4) is 0 Å². The van der Waals surface area contributed by atoms with Gasteiger partial charge in [-0.05, 0) is 50.2 Å². The zero-order valence-corrected chi connectivity index (χ0v) is 19.8. The van der Waals surface area contributed by atoms with E-state index >= 15 is 0 Å². The van der Waals surface area contributed by atoms with Crippen LogP contribution in [-0.2, 0) is 14.4 Å². The smallest absolute Gasteiger partial charge is 0.268 e. The predicted molar refractivity (Wildman–Crippen MR) is 127 cm³/mol. The highest BCUT2D eigenvalue weighted by Crippen LogP contribution is 2.49. The zero-order valence-electron chi connectivity index (χ0n) is 19.8. The lowest BCUT2D eigenvalue weighted by molar-refractivity contribution is -0.128. The van der Waals surface area contributed by atoms with Gasteiger partial charge in [0, 0.05) is 42.1 Å². The number of carbonyl (C=O) groups excluding carboxylic acids is 4. The number of alkyl halides is 2. The molecule has 3 aliphatic rings. The molecule has 4 N–H and O–H groups in total. The van der Waals surface area contributed by atoms with Gasteiger partial charge in [-0.3, -0.25) is 14.4 Å². The van der Waals surface area contributed by atoms with E-state index in [0.717, 1.165) is 10.9 Å². The Morgan fingerprint density at radius 3 is 2.58 bits per heavy atom. The number of carbonyl (C=O) groups is 4. The first-order valence-corrected chi connectivity index (χ1v) is 12.5. The van der Waals surface area contributed by atoms with E-state index in [9.17, 15) is 28.0 Å². The summed E-state index contributed by atoms with van der Waals surface area (Å²) in [5.41, 5.74) is -0.0949. The highest BCUT2D eigenvalue weighted by molar-refractivity contribution is 6.00. The van der Waals surface area contributed by atoms with Crippen LogP contribution in [-0.4, -0.2) is 53.0 Å². The van der Waals surface area contributed by atoms with Crippen LogP contribution in [0.2, 0.25) is 0 Å². The fraction of sp³-hybridized carbons (Fsp3) is 0.538. The SMILES string of the molecule is O=CC1(NC(=O)[C@H](CC2CCC(F)(F)CC2)NC(=O)c2cc3ccccc3[nH]2)CC1[C@@H]1CCNC1=O. The number of fused-ring (bicyclic) bond motifs is 1. The van der Waals surface area contributed by atoms with Crippen molar-refractivity contribution in [1.29, 1.82) is 0 Å². The second-order valence-electron chi connectivity index (χ2n) is 10.5. The molecule has 1 aromatic heterocycles. The Morgan fingerprint density at radius 1 is 1.17 bits per heavy atom. The number of aromatic nitrogens is 1. The van der Waals surface area contributed by atoms with Gasteiger partial charge >= 0.3 is 0 Å². The quantitative estimate of drug-likeness (QED) is 0.417. The molecule has 0 radical (unpaired) electrons. The zero-order chi connectivity index (χ0) is 25.5. The molecule has 1 saturated heterocycles. The summed E-state index contributed by atoms with van der Waals surface area (Å²) in [5, 5.41) is 9.16. The van der Waals surface area contributed by atoms with E-state index in [4.69, 9.17) is 0 Å². The van der Waals surface area contributed by atoms with Gasteiger partial charge in [-0.1, -0.05) is 18.2 Å². The minimum absolute atomic E-state index is 0.121. The fourth-order valence-electron chi connectivity index (χ4n) is 5.76. The Labute approximate surface area is 207 Å². The number of rotatable bonds is 8. The molecule has 0 spiro atoms. The number of halogens is 2. The summed E-state index contributed by atoms with van der Waals surface area (Å²) in [6.07, 6.45) is 1.84. The molecule has 8 nitrogen and oxygen atoms in total. The Kier molecular flexibility index (Phi) is 6.30. The van der Waals surface area contributed by atoms with E-state index in [-0.39, 0.29) is 61.5 Å². The molecule has 2 unspecified atom stereocenters. The van der Waals surface area contributed by atoms with Crippen LogP contribution in [0.5, 0.6) is 0 Å². The van der Waals surface area contributed by atoms with Crippen molar-refractivity contribution >= 4 is 34.9 Å². The topological polar surface area (TPSA) is 120 Å². The summed E-state index contributed by atoms with van der Waals surface area (Å²) < 4.78 is 27.4. The van der Waals surface area contributed by atoms with Crippen molar-refractivity contribution in [2.24, 2.45) is 17.8 Å². The molecule has 192 valence electrons. The molecule has 4 atom stereocenters. The van der Waals surface area contributed by atoms with Crippen LogP contribution >= 0.6 is 0 Å². The van der Waals surface area contributed by atoms with Crippen LogP contribution in [0.25, 0.3) is 10.9 Å². The number of nitrogens with one attached hydrogen (secondary N) is 4. The molecule has 36 heavy (non-hydrogen) atoms. The van der Waals surface area contributed by atoms with Crippen molar-refractivity contribution in [3.63, 3.8) is 0 Å². The van der Waals surface area contributed by atoms with Crippen LogP contribution in [0.15, 0.2) is 30.3 Å². The summed E-state index contributed by atoms with van der Waals surface area (Å²) >= 11 is 0. The van der Waals surface area contributed by atoms with Crippen molar-refractivity contribution < 1.29 is 28.0 Å². The number of benzene rings is 1. The number of H-pyrrole nitrogens is 1. The number of aromatic amines is 1. The van der Waals surface area contributed by atoms with E-state index in [0.29, 0.717) is 25.7 Å². The molecule has 10 heteroatoms. The first-order valence-electron chi connectivity index (χ1n) is 12.5. The second-order valence-corrected chi connectivity index (χ2v) is 10.5. The maximum Gasteiger partial charge on any atom is 0.268 e. The lowest BCUT2D eigenvalue weighted by atomic mass is 9.82. The van der Waals surface area contributed by atoms with Crippen LogP contribution in [0.4, 0.5) is 8.78 Å². The van der Waals surface area contributed by atoms with E-state index in [1.54, 1.807) is 6.07 Å². The van der Waals surface area contributed by atoms with E-state index in [1.807, 2.05) is 24.3 Å². The molecular formula is C26H30F2N4O4. The molecule has 5 rings (SSSR count). The summed E-state index contributed by atoms with van der Waals surface area (Å²) in [6.45, 7) is 0.540. The van der Waals surface area contributed by atoms with Crippen LogP contribution in [0, 0.1) is 17.8 Å². The van der Waals surface area contributed by atoms with Crippen molar-refractivity contribution in [2.45, 2.75) is 62.4 Å². The minimum atomic E-state index is -2.70. The number of para-hydroxylation sites is 1. The summed E-state index contributed by atoms with van der Waals surface area (Å²) in [5.74, 6) is -4.64. The molecular weight excluding hydrogens is 470 g/mol. The Bertz CT molecular complexity index is 1150. The van der Waals surface area contributed by atoms with Crippen molar-refractivity contribution in [1.82, 2.24) is 20.9 Å². The minimum Gasteiger partial charge on any atom is -0.356 e. The fourth-order valence-corrected chi connectivity index (χ4v) is 5.76. The summed E-state index contributed by atoms with van der Waals surface area (Å²) in [6, 6.07) is 8.06. The Hall–Kier alpha value is -3.30. The normalized spacial score (nSPS) is 28.3. The molecule has 0 bridgehead atoms. The average Bonchev–Trinajstić information content (AvgIpc) is 3.16. The van der Waals surface area contributed by atoms with Crippen LogP contribution < -0.4 is 16.0 Å². The van der Waals surface area contributed by atoms with Crippen LogP contribution in [0.1, 0.15) is 55.4 Å². The second kappa shape index (κ2) is 9.29. The van der Waals surface area contributed by atoms with Crippen molar-refractivity contribution in [3.05, 3.63) is 36.0 Å². The van der Waals surface area contributed by atoms with Gasteiger partial charge in [0.2, 0.25) is 17.7 Å². The van der Waals surface area contributed by atoms with E-state index in [2.05, 4.69) is 20.9 Å². The highest BCUT2D eigenvalue weighted by Gasteiger charge is 2.61. The van der Waals surface area contributed by atoms with Gasteiger partial charge in [-0.15, -0.1) is 0 Å². The molecule has 1 aliphatic heterocycles.